The quantitative estimate of drug-likeness (QED) is 0.928. The molecule has 2 aromatic rings. The molecule has 2 rings (SSSR count). The summed E-state index contributed by atoms with van der Waals surface area (Å²) in [5, 5.41) is 2.71. The van der Waals surface area contributed by atoms with E-state index in [9.17, 15) is 9.18 Å². The van der Waals surface area contributed by atoms with Gasteiger partial charge in [0, 0.05) is 25.5 Å². The monoisotopic (exact) mass is 272 g/mol. The number of anilines is 2. The predicted octanol–water partition coefficient (Wildman–Crippen LogP) is 3.45. The number of amides is 1. The third-order valence-corrected chi connectivity index (χ3v) is 2.99. The van der Waals surface area contributed by atoms with Crippen molar-refractivity contribution in [3.05, 3.63) is 59.4 Å². The fourth-order valence-corrected chi connectivity index (χ4v) is 1.86. The molecule has 20 heavy (non-hydrogen) atoms. The van der Waals surface area contributed by atoms with Crippen LogP contribution < -0.4 is 10.2 Å². The van der Waals surface area contributed by atoms with Crippen molar-refractivity contribution in [2.75, 3.05) is 24.3 Å². The summed E-state index contributed by atoms with van der Waals surface area (Å²) in [7, 11) is 3.83. The first kappa shape index (κ1) is 14.1. The third-order valence-electron chi connectivity index (χ3n) is 2.99. The Morgan fingerprint density at radius 3 is 2.55 bits per heavy atom. The van der Waals surface area contributed by atoms with Gasteiger partial charge in [-0.15, -0.1) is 0 Å². The SMILES string of the molecule is Cc1ccc(C(=O)Nc2cccc(N(C)C)c2)c(F)c1. The molecule has 0 aliphatic carbocycles. The number of nitrogens with one attached hydrogen (secondary N) is 1. The molecule has 0 aliphatic rings. The summed E-state index contributed by atoms with van der Waals surface area (Å²) in [6.45, 7) is 1.78. The summed E-state index contributed by atoms with van der Waals surface area (Å²) < 4.78 is 13.7. The zero-order chi connectivity index (χ0) is 14.7. The summed E-state index contributed by atoms with van der Waals surface area (Å²) in [5.41, 5.74) is 2.44. The van der Waals surface area contributed by atoms with Crippen molar-refractivity contribution in [3.8, 4) is 0 Å². The Balaban J connectivity index is 2.21. The van der Waals surface area contributed by atoms with E-state index in [-0.39, 0.29) is 5.56 Å². The van der Waals surface area contributed by atoms with E-state index in [2.05, 4.69) is 5.32 Å². The van der Waals surface area contributed by atoms with Crippen LogP contribution in [-0.2, 0) is 0 Å². The van der Waals surface area contributed by atoms with Crippen LogP contribution in [0.1, 0.15) is 15.9 Å². The van der Waals surface area contributed by atoms with Crippen LogP contribution in [0.2, 0.25) is 0 Å². The van der Waals surface area contributed by atoms with Gasteiger partial charge in [0.25, 0.3) is 5.91 Å². The maximum Gasteiger partial charge on any atom is 0.258 e. The molecule has 0 saturated carbocycles. The van der Waals surface area contributed by atoms with Crippen LogP contribution >= 0.6 is 0 Å². The second-order valence-electron chi connectivity index (χ2n) is 4.88. The highest BCUT2D eigenvalue weighted by Gasteiger charge is 2.12. The van der Waals surface area contributed by atoms with E-state index in [1.807, 2.05) is 37.2 Å². The van der Waals surface area contributed by atoms with E-state index in [1.165, 1.54) is 12.1 Å². The molecule has 104 valence electrons. The Bertz CT molecular complexity index is 638. The largest absolute Gasteiger partial charge is 0.378 e. The number of rotatable bonds is 3. The molecule has 0 saturated heterocycles. The van der Waals surface area contributed by atoms with Crippen LogP contribution in [0.15, 0.2) is 42.5 Å². The minimum absolute atomic E-state index is 0.0471. The van der Waals surface area contributed by atoms with E-state index in [0.29, 0.717) is 5.69 Å². The lowest BCUT2D eigenvalue weighted by atomic mass is 10.1. The van der Waals surface area contributed by atoms with Gasteiger partial charge in [0.2, 0.25) is 0 Å². The average molecular weight is 272 g/mol. The highest BCUT2D eigenvalue weighted by molar-refractivity contribution is 6.04. The predicted molar refractivity (Wildman–Crippen MR) is 79.9 cm³/mol. The van der Waals surface area contributed by atoms with Crippen LogP contribution in [0.5, 0.6) is 0 Å². The fraction of sp³-hybridized carbons (Fsp3) is 0.188. The molecule has 0 aromatic heterocycles. The maximum absolute atomic E-state index is 13.7. The van der Waals surface area contributed by atoms with Crippen molar-refractivity contribution < 1.29 is 9.18 Å². The zero-order valence-electron chi connectivity index (χ0n) is 11.8. The first-order valence-electron chi connectivity index (χ1n) is 6.32. The number of aryl methyl sites for hydroxylation is 1. The lowest BCUT2D eigenvalue weighted by Gasteiger charge is -2.14. The minimum atomic E-state index is -0.508. The Labute approximate surface area is 118 Å². The van der Waals surface area contributed by atoms with Crippen LogP contribution in [0.3, 0.4) is 0 Å². The van der Waals surface area contributed by atoms with Crippen LogP contribution in [-0.4, -0.2) is 20.0 Å². The van der Waals surface area contributed by atoms with Crippen molar-refractivity contribution in [2.45, 2.75) is 6.92 Å². The third kappa shape index (κ3) is 3.15. The molecular weight excluding hydrogens is 255 g/mol. The smallest absolute Gasteiger partial charge is 0.258 e. The molecule has 0 radical (unpaired) electrons. The van der Waals surface area contributed by atoms with Crippen LogP contribution in [0.25, 0.3) is 0 Å². The topological polar surface area (TPSA) is 32.3 Å². The van der Waals surface area contributed by atoms with Crippen molar-refractivity contribution in [2.24, 2.45) is 0 Å². The first-order valence-corrected chi connectivity index (χ1v) is 6.32. The van der Waals surface area contributed by atoms with Gasteiger partial charge in [-0.05, 0) is 42.8 Å². The molecular formula is C16H17FN2O. The Hall–Kier alpha value is -2.36. The highest BCUT2D eigenvalue weighted by atomic mass is 19.1. The lowest BCUT2D eigenvalue weighted by Crippen LogP contribution is -2.15. The molecule has 4 heteroatoms. The molecule has 0 heterocycles. The average Bonchev–Trinajstić information content (AvgIpc) is 2.38. The molecule has 0 unspecified atom stereocenters. The van der Waals surface area contributed by atoms with E-state index in [4.69, 9.17) is 0 Å². The minimum Gasteiger partial charge on any atom is -0.378 e. The summed E-state index contributed by atoms with van der Waals surface area (Å²) in [6.07, 6.45) is 0. The summed E-state index contributed by atoms with van der Waals surface area (Å²) in [4.78, 5) is 14.0. The number of nitrogens with zero attached hydrogens (tertiary/aromatic N) is 1. The van der Waals surface area contributed by atoms with Crippen molar-refractivity contribution in [1.29, 1.82) is 0 Å². The van der Waals surface area contributed by atoms with E-state index < -0.39 is 11.7 Å². The van der Waals surface area contributed by atoms with Crippen molar-refractivity contribution >= 4 is 17.3 Å². The molecule has 3 nitrogen and oxygen atoms in total. The van der Waals surface area contributed by atoms with Gasteiger partial charge in [-0.25, -0.2) is 4.39 Å². The summed E-state index contributed by atoms with van der Waals surface area (Å²) in [5.74, 6) is -0.954. The number of benzene rings is 2. The highest BCUT2D eigenvalue weighted by Crippen LogP contribution is 2.19. The van der Waals surface area contributed by atoms with Crippen LogP contribution in [0.4, 0.5) is 15.8 Å². The molecule has 1 amide bonds. The second-order valence-corrected chi connectivity index (χ2v) is 4.88. The number of carbonyl (C=O) groups is 1. The van der Waals surface area contributed by atoms with Gasteiger partial charge in [-0.2, -0.15) is 0 Å². The van der Waals surface area contributed by atoms with Gasteiger partial charge in [0.1, 0.15) is 5.82 Å². The normalized spacial score (nSPS) is 10.2. The fourth-order valence-electron chi connectivity index (χ4n) is 1.86. The number of carbonyl (C=O) groups excluding carboxylic acids is 1. The molecule has 1 N–H and O–H groups in total. The van der Waals surface area contributed by atoms with Gasteiger partial charge in [-0.1, -0.05) is 12.1 Å². The molecule has 2 aromatic carbocycles. The van der Waals surface area contributed by atoms with Gasteiger partial charge < -0.3 is 10.2 Å². The number of hydrogen-bond donors (Lipinski definition) is 1. The van der Waals surface area contributed by atoms with Crippen molar-refractivity contribution in [1.82, 2.24) is 0 Å². The van der Waals surface area contributed by atoms with Crippen molar-refractivity contribution in [3.63, 3.8) is 0 Å². The first-order chi connectivity index (χ1) is 9.47. The van der Waals surface area contributed by atoms with Gasteiger partial charge in [0.15, 0.2) is 0 Å². The Morgan fingerprint density at radius 2 is 1.90 bits per heavy atom. The Morgan fingerprint density at radius 1 is 1.15 bits per heavy atom. The summed E-state index contributed by atoms with van der Waals surface area (Å²) >= 11 is 0. The van der Waals surface area contributed by atoms with Gasteiger partial charge in [-0.3, -0.25) is 4.79 Å². The van der Waals surface area contributed by atoms with E-state index >= 15 is 0 Å². The second kappa shape index (κ2) is 5.74. The maximum atomic E-state index is 13.7. The standard InChI is InChI=1S/C16H17FN2O/c1-11-7-8-14(15(17)9-11)16(20)18-12-5-4-6-13(10-12)19(2)3/h4-10H,1-3H3,(H,18,20). The zero-order valence-corrected chi connectivity index (χ0v) is 11.8. The molecule has 0 spiro atoms. The van der Waals surface area contributed by atoms with Gasteiger partial charge >= 0.3 is 0 Å². The Kier molecular flexibility index (Phi) is 4.03. The summed E-state index contributed by atoms with van der Waals surface area (Å²) in [6, 6.07) is 12.0. The van der Waals surface area contributed by atoms with Gasteiger partial charge in [0.05, 0.1) is 5.56 Å². The van der Waals surface area contributed by atoms with E-state index in [1.54, 1.807) is 19.1 Å². The molecule has 0 aliphatic heterocycles. The molecule has 0 fully saturated rings. The molecule has 0 bridgehead atoms. The lowest BCUT2D eigenvalue weighted by molar-refractivity contribution is 0.102. The number of halogens is 1. The van der Waals surface area contributed by atoms with Crippen LogP contribution in [0, 0.1) is 12.7 Å². The van der Waals surface area contributed by atoms with E-state index in [0.717, 1.165) is 11.3 Å². The number of hydrogen-bond acceptors (Lipinski definition) is 2. The molecule has 0 atom stereocenters.